The molecule has 1 N–H and O–H groups in total. The Morgan fingerprint density at radius 2 is 2.05 bits per heavy atom. The molecule has 0 saturated carbocycles. The molecule has 1 saturated heterocycles. The molecule has 2 heterocycles. The minimum atomic E-state index is -4.41. The van der Waals surface area contributed by atoms with Gasteiger partial charge >= 0.3 is 6.18 Å². The molecule has 0 amide bonds. The van der Waals surface area contributed by atoms with E-state index in [9.17, 15) is 18.3 Å². The summed E-state index contributed by atoms with van der Waals surface area (Å²) in [6, 6.07) is 4.94. The van der Waals surface area contributed by atoms with Crippen LogP contribution in [0.3, 0.4) is 0 Å². The smallest absolute Gasteiger partial charge is 0.366 e. The molecule has 3 nitrogen and oxygen atoms in total. The number of fused-ring (bicyclic) bond motifs is 1. The molecule has 0 aliphatic carbocycles. The molecular weight excluding hydrogens is 381 g/mol. The van der Waals surface area contributed by atoms with Crippen molar-refractivity contribution in [2.45, 2.75) is 24.7 Å². The maximum atomic E-state index is 12.9. The van der Waals surface area contributed by atoms with Crippen molar-refractivity contribution in [3.63, 3.8) is 0 Å². The number of benzene rings is 1. The van der Waals surface area contributed by atoms with Crippen LogP contribution in [0.25, 0.3) is 0 Å². The molecule has 0 spiro atoms. The van der Waals surface area contributed by atoms with Gasteiger partial charge in [-0.2, -0.15) is 13.2 Å². The second-order valence-corrected chi connectivity index (χ2v) is 6.15. The number of hydrogen-bond acceptors (Lipinski definition) is 4. The van der Waals surface area contributed by atoms with E-state index in [1.807, 2.05) is 0 Å². The zero-order valence-corrected chi connectivity index (χ0v) is 14.2. The summed E-state index contributed by atoms with van der Waals surface area (Å²) in [5.41, 5.74) is -1.87. The van der Waals surface area contributed by atoms with Gasteiger partial charge in [0.25, 0.3) is 0 Å². The lowest BCUT2D eigenvalue weighted by molar-refractivity contribution is -0.137. The predicted octanol–water partition coefficient (Wildman–Crippen LogP) is 3.63. The van der Waals surface area contributed by atoms with E-state index in [0.29, 0.717) is 18.8 Å². The van der Waals surface area contributed by atoms with Crippen molar-refractivity contribution in [1.82, 2.24) is 4.90 Å². The second kappa shape index (κ2) is 6.41. The van der Waals surface area contributed by atoms with Gasteiger partial charge in [0.05, 0.1) is 11.3 Å². The van der Waals surface area contributed by atoms with Crippen molar-refractivity contribution in [2.24, 2.45) is 4.99 Å². The van der Waals surface area contributed by atoms with Crippen molar-refractivity contribution in [1.29, 1.82) is 0 Å². The number of thioether (sulfide) groups is 1. The van der Waals surface area contributed by atoms with Gasteiger partial charge in [0.2, 0.25) is 0 Å². The Bertz CT molecular complexity index is 581. The van der Waals surface area contributed by atoms with E-state index >= 15 is 0 Å². The summed E-state index contributed by atoms with van der Waals surface area (Å²) >= 11 is 1.40. The van der Waals surface area contributed by atoms with Gasteiger partial charge in [-0.25, -0.2) is 0 Å². The van der Waals surface area contributed by atoms with Gasteiger partial charge in [0.1, 0.15) is 0 Å². The zero-order valence-electron chi connectivity index (χ0n) is 11.6. The summed E-state index contributed by atoms with van der Waals surface area (Å²) in [7, 11) is 0. The van der Waals surface area contributed by atoms with Gasteiger partial charge in [0.15, 0.2) is 10.9 Å². The van der Waals surface area contributed by atoms with Crippen LogP contribution in [0.2, 0.25) is 0 Å². The van der Waals surface area contributed by atoms with E-state index in [4.69, 9.17) is 0 Å². The fourth-order valence-corrected chi connectivity index (χ4v) is 3.86. The number of amidine groups is 1. The second-order valence-electron chi connectivity index (χ2n) is 5.21. The van der Waals surface area contributed by atoms with E-state index in [-0.39, 0.29) is 22.5 Å². The van der Waals surface area contributed by atoms with E-state index < -0.39 is 17.5 Å². The molecule has 122 valence electrons. The standard InChI is InChI=1S/C14H15F3N2OS.BrH/c15-14(16,17)11-5-3-4-10(8-11)13(20)9-21-12-18-6-1-2-7-19(12)13;/h3-5,8,20H,1-2,6-7,9H2;1H. The van der Waals surface area contributed by atoms with Crippen molar-refractivity contribution >= 4 is 33.9 Å². The maximum Gasteiger partial charge on any atom is 0.416 e. The number of nitrogens with zero attached hydrogens (tertiary/aromatic N) is 2. The largest absolute Gasteiger partial charge is 0.416 e. The van der Waals surface area contributed by atoms with Crippen molar-refractivity contribution in [3.8, 4) is 0 Å². The SMILES string of the molecule is Br.OC1(c2cccc(C(F)(F)F)c2)CSC2=NCCCCN21. The molecular formula is C14H16BrF3N2OS. The molecule has 0 aromatic heterocycles. The van der Waals surface area contributed by atoms with Crippen LogP contribution in [-0.4, -0.2) is 34.0 Å². The van der Waals surface area contributed by atoms with Crippen LogP contribution in [0.5, 0.6) is 0 Å². The van der Waals surface area contributed by atoms with Crippen LogP contribution in [0.4, 0.5) is 13.2 Å². The van der Waals surface area contributed by atoms with E-state index in [1.165, 1.54) is 17.8 Å². The summed E-state index contributed by atoms with van der Waals surface area (Å²) in [5, 5.41) is 11.7. The molecule has 0 radical (unpaired) electrons. The fourth-order valence-electron chi connectivity index (χ4n) is 2.63. The van der Waals surface area contributed by atoms with Crippen molar-refractivity contribution in [3.05, 3.63) is 35.4 Å². The Kier molecular flexibility index (Phi) is 5.13. The molecule has 22 heavy (non-hydrogen) atoms. The third-order valence-electron chi connectivity index (χ3n) is 3.77. The molecule has 1 atom stereocenters. The Morgan fingerprint density at radius 1 is 1.27 bits per heavy atom. The first-order valence-electron chi connectivity index (χ1n) is 6.76. The molecule has 3 rings (SSSR count). The van der Waals surface area contributed by atoms with Gasteiger partial charge in [-0.3, -0.25) is 4.99 Å². The molecule has 1 fully saturated rings. The monoisotopic (exact) mass is 396 g/mol. The number of rotatable bonds is 1. The minimum absolute atomic E-state index is 0. The topological polar surface area (TPSA) is 35.8 Å². The minimum Gasteiger partial charge on any atom is -0.366 e. The highest BCUT2D eigenvalue weighted by molar-refractivity contribution is 8.93. The van der Waals surface area contributed by atoms with Crippen LogP contribution in [0.1, 0.15) is 24.0 Å². The summed E-state index contributed by atoms with van der Waals surface area (Å²) in [6.07, 6.45) is -2.61. The molecule has 0 bridgehead atoms. The van der Waals surface area contributed by atoms with Crippen molar-refractivity contribution < 1.29 is 18.3 Å². The van der Waals surface area contributed by atoms with Crippen LogP contribution in [-0.2, 0) is 11.9 Å². The van der Waals surface area contributed by atoms with Gasteiger partial charge in [0, 0.05) is 18.7 Å². The van der Waals surface area contributed by atoms with Crippen LogP contribution >= 0.6 is 28.7 Å². The number of halogens is 4. The average Bonchev–Trinajstić information content (AvgIpc) is 2.64. The molecule has 1 aromatic carbocycles. The fraction of sp³-hybridized carbons (Fsp3) is 0.500. The maximum absolute atomic E-state index is 12.9. The zero-order chi connectivity index (χ0) is 15.1. The first kappa shape index (κ1) is 17.6. The van der Waals surface area contributed by atoms with Crippen LogP contribution < -0.4 is 0 Å². The first-order valence-corrected chi connectivity index (χ1v) is 7.75. The molecule has 1 unspecified atom stereocenters. The summed E-state index contributed by atoms with van der Waals surface area (Å²) in [5.74, 6) is 0.299. The van der Waals surface area contributed by atoms with Gasteiger partial charge < -0.3 is 10.0 Å². The lowest BCUT2D eigenvalue weighted by Gasteiger charge is -2.34. The Hall–Kier alpha value is -0.730. The average molecular weight is 397 g/mol. The van der Waals surface area contributed by atoms with Crippen LogP contribution in [0.15, 0.2) is 29.3 Å². The Morgan fingerprint density at radius 3 is 2.77 bits per heavy atom. The summed E-state index contributed by atoms with van der Waals surface area (Å²) in [6.45, 7) is 1.32. The quantitative estimate of drug-likeness (QED) is 0.787. The van der Waals surface area contributed by atoms with Gasteiger partial charge in [-0.1, -0.05) is 23.9 Å². The first-order chi connectivity index (χ1) is 9.91. The third-order valence-corrected chi connectivity index (χ3v) is 4.92. The highest BCUT2D eigenvalue weighted by atomic mass is 79.9. The van der Waals surface area contributed by atoms with Crippen LogP contribution in [0, 0.1) is 0 Å². The number of alkyl halides is 3. The molecule has 2 aliphatic heterocycles. The lowest BCUT2D eigenvalue weighted by Crippen LogP contribution is -2.45. The highest BCUT2D eigenvalue weighted by Gasteiger charge is 2.45. The predicted molar refractivity (Wildman–Crippen MR) is 86.4 cm³/mol. The number of aliphatic hydroxyl groups is 1. The van der Waals surface area contributed by atoms with E-state index in [1.54, 1.807) is 11.0 Å². The highest BCUT2D eigenvalue weighted by Crippen LogP contribution is 2.41. The molecule has 8 heteroatoms. The molecule has 1 aromatic rings. The Balaban J connectivity index is 0.00000176. The van der Waals surface area contributed by atoms with Gasteiger partial charge in [-0.15, -0.1) is 17.0 Å². The van der Waals surface area contributed by atoms with Gasteiger partial charge in [-0.05, 0) is 25.0 Å². The number of aliphatic imine (C=N–C) groups is 1. The summed E-state index contributed by atoms with van der Waals surface area (Å²) in [4.78, 5) is 6.14. The van der Waals surface area contributed by atoms with Crippen molar-refractivity contribution in [2.75, 3.05) is 18.8 Å². The third kappa shape index (κ3) is 3.14. The van der Waals surface area contributed by atoms with E-state index in [2.05, 4.69) is 4.99 Å². The molecule has 2 aliphatic rings. The Labute approximate surface area is 141 Å². The number of hydrogen-bond donors (Lipinski definition) is 1. The lowest BCUT2D eigenvalue weighted by atomic mass is 10.00. The normalized spacial score (nSPS) is 25.1. The van der Waals surface area contributed by atoms with E-state index in [0.717, 1.165) is 30.1 Å². The summed E-state index contributed by atoms with van der Waals surface area (Å²) < 4.78 is 38.6.